The van der Waals surface area contributed by atoms with Crippen LogP contribution in [0.3, 0.4) is 0 Å². The molecule has 0 spiro atoms. The normalized spacial score (nSPS) is 17.1. The van der Waals surface area contributed by atoms with Gasteiger partial charge in [0.05, 0.1) is 36.9 Å². The van der Waals surface area contributed by atoms with Crippen molar-refractivity contribution in [2.75, 3.05) is 42.7 Å². The van der Waals surface area contributed by atoms with Gasteiger partial charge in [-0.25, -0.2) is 9.59 Å². The molecule has 1 heterocycles. The van der Waals surface area contributed by atoms with E-state index in [4.69, 9.17) is 4.74 Å². The molecule has 13 heteroatoms. The number of alkyl halides is 3. The standard InChI is InChI=1S/C36H38F3N5O5/c1-22-19-44(23(2)21-45)33(46)18-25-17-28(40-34(47)42-30-10-6-8-24-7-4-5-9-29(24)30)15-16-31(25)49-32(22)20-43(3)35(48)41-27-13-11-26(12-14-27)36(37,38)39/h4-17,22-23,32,45H,18-21H2,1-3H3,(H,41,48)(H2,40,42,47)/t22-,23-,32+/m1/s1. The van der Waals surface area contributed by atoms with Crippen LogP contribution in [-0.2, 0) is 17.4 Å². The lowest BCUT2D eigenvalue weighted by molar-refractivity contribution is -0.137. The molecule has 1 aliphatic rings. The third-order valence-electron chi connectivity index (χ3n) is 8.48. The minimum atomic E-state index is -4.50. The number of aliphatic hydroxyl groups excluding tert-OH is 1. The van der Waals surface area contributed by atoms with Crippen LogP contribution in [0.2, 0.25) is 0 Å². The molecule has 0 unspecified atom stereocenters. The van der Waals surface area contributed by atoms with Crippen molar-refractivity contribution >= 4 is 45.8 Å². The minimum Gasteiger partial charge on any atom is -0.488 e. The largest absolute Gasteiger partial charge is 0.488 e. The molecule has 4 aromatic rings. The van der Waals surface area contributed by atoms with Crippen molar-refractivity contribution in [2.45, 2.75) is 38.6 Å². The summed E-state index contributed by atoms with van der Waals surface area (Å²) < 4.78 is 45.3. The molecule has 0 saturated heterocycles. The molecular formula is C36H38F3N5O5. The number of nitrogens with one attached hydrogen (secondary N) is 3. The summed E-state index contributed by atoms with van der Waals surface area (Å²) in [7, 11) is 1.53. The number of fused-ring (bicyclic) bond motifs is 2. The quantitative estimate of drug-likeness (QED) is 0.171. The van der Waals surface area contributed by atoms with E-state index >= 15 is 0 Å². The van der Waals surface area contributed by atoms with E-state index in [0.717, 1.165) is 22.9 Å². The van der Waals surface area contributed by atoms with Crippen LogP contribution >= 0.6 is 0 Å². The Labute approximate surface area is 281 Å². The van der Waals surface area contributed by atoms with Gasteiger partial charge in [-0.2, -0.15) is 13.2 Å². The number of rotatable bonds is 7. The van der Waals surface area contributed by atoms with Crippen molar-refractivity contribution < 1.29 is 37.4 Å². The fourth-order valence-electron chi connectivity index (χ4n) is 5.66. The Hall–Kier alpha value is -5.30. The Morgan fingerprint density at radius 1 is 0.980 bits per heavy atom. The van der Waals surface area contributed by atoms with Crippen LogP contribution in [0.25, 0.3) is 10.8 Å². The maximum Gasteiger partial charge on any atom is 0.416 e. The van der Waals surface area contributed by atoms with Gasteiger partial charge in [0.25, 0.3) is 0 Å². The highest BCUT2D eigenvalue weighted by Gasteiger charge is 2.33. The number of nitrogens with zero attached hydrogens (tertiary/aromatic N) is 2. The molecular weight excluding hydrogens is 639 g/mol. The Kier molecular flexibility index (Phi) is 10.6. The van der Waals surface area contributed by atoms with E-state index in [-0.39, 0.29) is 43.6 Å². The first-order valence-electron chi connectivity index (χ1n) is 15.8. The van der Waals surface area contributed by atoms with Gasteiger partial charge in [0.2, 0.25) is 5.91 Å². The first kappa shape index (κ1) is 35.0. The number of ether oxygens (including phenoxy) is 1. The number of amides is 5. The Morgan fingerprint density at radius 2 is 1.67 bits per heavy atom. The average Bonchev–Trinajstić information content (AvgIpc) is 3.11. The van der Waals surface area contributed by atoms with Gasteiger partial charge in [-0.15, -0.1) is 0 Å². The summed E-state index contributed by atoms with van der Waals surface area (Å²) in [6.45, 7) is 3.64. The molecule has 4 N–H and O–H groups in total. The van der Waals surface area contributed by atoms with Gasteiger partial charge in [-0.3, -0.25) is 4.79 Å². The van der Waals surface area contributed by atoms with E-state index in [0.29, 0.717) is 22.7 Å². The number of carbonyl (C=O) groups excluding carboxylic acids is 3. The van der Waals surface area contributed by atoms with E-state index in [2.05, 4.69) is 16.0 Å². The average molecular weight is 678 g/mol. The molecule has 3 atom stereocenters. The van der Waals surface area contributed by atoms with Crippen LogP contribution in [0.5, 0.6) is 5.75 Å². The number of hydrogen-bond acceptors (Lipinski definition) is 5. The van der Waals surface area contributed by atoms with Gasteiger partial charge in [0, 0.05) is 41.8 Å². The van der Waals surface area contributed by atoms with Crippen LogP contribution in [0.15, 0.2) is 84.9 Å². The smallest absolute Gasteiger partial charge is 0.416 e. The van der Waals surface area contributed by atoms with Gasteiger partial charge < -0.3 is 35.6 Å². The highest BCUT2D eigenvalue weighted by molar-refractivity contribution is 6.06. The molecule has 0 radical (unpaired) electrons. The van der Waals surface area contributed by atoms with Crippen LogP contribution in [0.1, 0.15) is 25.0 Å². The topological polar surface area (TPSA) is 123 Å². The number of halogens is 3. The number of likely N-dealkylation sites (N-methyl/N-ethyl adjacent to an activating group) is 1. The second-order valence-corrected chi connectivity index (χ2v) is 12.2. The summed E-state index contributed by atoms with van der Waals surface area (Å²) in [5.74, 6) is -0.167. The van der Waals surface area contributed by atoms with E-state index < -0.39 is 35.9 Å². The SMILES string of the molecule is C[C@@H]1CN([C@H](C)CO)C(=O)Cc2cc(NC(=O)Nc3cccc4ccccc34)ccc2O[C@H]1CN(C)C(=O)Nc1ccc(C(F)(F)F)cc1. The lowest BCUT2D eigenvalue weighted by Crippen LogP contribution is -2.48. The van der Waals surface area contributed by atoms with Gasteiger partial charge in [-0.05, 0) is 60.8 Å². The lowest BCUT2D eigenvalue weighted by atomic mass is 10.0. The van der Waals surface area contributed by atoms with Crippen molar-refractivity contribution in [3.8, 4) is 5.75 Å². The number of benzene rings is 4. The number of carbonyl (C=O) groups is 3. The maximum atomic E-state index is 13.6. The molecule has 0 bridgehead atoms. The van der Waals surface area contributed by atoms with Crippen molar-refractivity contribution in [3.05, 3.63) is 96.1 Å². The number of aliphatic hydroxyl groups is 1. The third kappa shape index (κ3) is 8.60. The Balaban J connectivity index is 1.34. The van der Waals surface area contributed by atoms with Gasteiger partial charge >= 0.3 is 18.2 Å². The molecule has 10 nitrogen and oxygen atoms in total. The van der Waals surface area contributed by atoms with E-state index in [9.17, 15) is 32.7 Å². The van der Waals surface area contributed by atoms with Crippen molar-refractivity contribution in [1.29, 1.82) is 0 Å². The highest BCUT2D eigenvalue weighted by atomic mass is 19.4. The predicted octanol–water partition coefficient (Wildman–Crippen LogP) is 6.82. The van der Waals surface area contributed by atoms with Crippen molar-refractivity contribution in [1.82, 2.24) is 9.80 Å². The van der Waals surface area contributed by atoms with Crippen molar-refractivity contribution in [2.24, 2.45) is 5.92 Å². The molecule has 5 rings (SSSR count). The predicted molar refractivity (Wildman–Crippen MR) is 182 cm³/mol. The van der Waals surface area contributed by atoms with E-state index in [1.54, 1.807) is 36.1 Å². The summed E-state index contributed by atoms with van der Waals surface area (Å²) in [4.78, 5) is 42.6. The molecule has 0 aromatic heterocycles. The molecule has 4 aromatic carbocycles. The number of urea groups is 2. The van der Waals surface area contributed by atoms with Crippen molar-refractivity contribution in [3.63, 3.8) is 0 Å². The monoisotopic (exact) mass is 677 g/mol. The fourth-order valence-corrected chi connectivity index (χ4v) is 5.66. The van der Waals surface area contributed by atoms with Crippen LogP contribution in [0.4, 0.5) is 39.8 Å². The second kappa shape index (κ2) is 14.9. The molecule has 0 saturated carbocycles. The molecule has 0 fully saturated rings. The molecule has 5 amide bonds. The summed E-state index contributed by atoms with van der Waals surface area (Å²) in [6, 6.07) is 20.8. The molecule has 0 aliphatic carbocycles. The van der Waals surface area contributed by atoms with E-state index in [1.807, 2.05) is 43.3 Å². The summed E-state index contributed by atoms with van der Waals surface area (Å²) >= 11 is 0. The van der Waals surface area contributed by atoms with Crippen LogP contribution < -0.4 is 20.7 Å². The summed E-state index contributed by atoms with van der Waals surface area (Å²) in [6.07, 6.45) is -5.19. The van der Waals surface area contributed by atoms with Crippen LogP contribution in [-0.4, -0.2) is 71.8 Å². The van der Waals surface area contributed by atoms with Gasteiger partial charge in [0.1, 0.15) is 11.9 Å². The third-order valence-corrected chi connectivity index (χ3v) is 8.48. The van der Waals surface area contributed by atoms with Gasteiger partial charge in [0.15, 0.2) is 0 Å². The zero-order valence-electron chi connectivity index (χ0n) is 27.3. The second-order valence-electron chi connectivity index (χ2n) is 12.2. The Bertz CT molecular complexity index is 1810. The summed E-state index contributed by atoms with van der Waals surface area (Å²) in [5.41, 5.74) is 0.918. The first-order valence-corrected chi connectivity index (χ1v) is 15.8. The number of anilines is 3. The highest BCUT2D eigenvalue weighted by Crippen LogP contribution is 2.31. The maximum absolute atomic E-state index is 13.6. The molecule has 258 valence electrons. The lowest BCUT2D eigenvalue weighted by Gasteiger charge is -2.34. The van der Waals surface area contributed by atoms with E-state index in [1.165, 1.54) is 24.1 Å². The zero-order chi connectivity index (χ0) is 35.3. The first-order chi connectivity index (χ1) is 23.3. The minimum absolute atomic E-state index is 0.0655. The van der Waals surface area contributed by atoms with Gasteiger partial charge in [-0.1, -0.05) is 43.3 Å². The Morgan fingerprint density at radius 3 is 2.39 bits per heavy atom. The fraction of sp³-hybridized carbons (Fsp3) is 0.306. The summed E-state index contributed by atoms with van der Waals surface area (Å²) in [5, 5.41) is 20.1. The molecule has 1 aliphatic heterocycles. The zero-order valence-corrected chi connectivity index (χ0v) is 27.3. The van der Waals surface area contributed by atoms with Crippen LogP contribution in [0, 0.1) is 5.92 Å². The number of hydrogen-bond donors (Lipinski definition) is 4. The molecule has 49 heavy (non-hydrogen) atoms.